The Morgan fingerprint density at radius 1 is 1.32 bits per heavy atom. The third-order valence-electron chi connectivity index (χ3n) is 4.38. The summed E-state index contributed by atoms with van der Waals surface area (Å²) in [4.78, 5) is 18.0. The van der Waals surface area contributed by atoms with Crippen LogP contribution in [-0.2, 0) is 4.79 Å². The standard InChI is InChI=1S/C17H24N2O2S/c1-13-8-10-19(15-6-2-3-7-16(15)22-13)17(21)12-18-9-4-5-14(20)11-18/h2-3,6-7,13-14,20H,4-5,8-12H2,1H3/t13-,14-/m1/s1. The first-order chi connectivity index (χ1) is 10.6. The van der Waals surface area contributed by atoms with Crippen molar-refractivity contribution in [3.8, 4) is 0 Å². The fourth-order valence-electron chi connectivity index (χ4n) is 3.20. The number of hydrogen-bond donors (Lipinski definition) is 1. The van der Waals surface area contributed by atoms with Gasteiger partial charge in [0, 0.05) is 23.2 Å². The van der Waals surface area contributed by atoms with Gasteiger partial charge < -0.3 is 10.0 Å². The lowest BCUT2D eigenvalue weighted by Crippen LogP contribution is -2.46. The molecule has 0 aromatic heterocycles. The number of β-amino-alcohol motifs (C(OH)–C–C–N with tert-alkyl or cyclic N) is 1. The third kappa shape index (κ3) is 3.65. The van der Waals surface area contributed by atoms with Crippen molar-refractivity contribution in [3.63, 3.8) is 0 Å². The van der Waals surface area contributed by atoms with Gasteiger partial charge in [0.2, 0.25) is 5.91 Å². The number of rotatable bonds is 2. The zero-order valence-electron chi connectivity index (χ0n) is 13.1. The lowest BCUT2D eigenvalue weighted by molar-refractivity contribution is -0.120. The molecule has 2 aliphatic heterocycles. The van der Waals surface area contributed by atoms with Crippen LogP contribution in [0.25, 0.3) is 0 Å². The predicted molar refractivity (Wildman–Crippen MR) is 90.4 cm³/mol. The maximum Gasteiger partial charge on any atom is 0.241 e. The number of carbonyl (C=O) groups is 1. The molecule has 1 N–H and O–H groups in total. The molecule has 2 aliphatic rings. The van der Waals surface area contributed by atoms with Crippen LogP contribution in [0.1, 0.15) is 26.2 Å². The van der Waals surface area contributed by atoms with Gasteiger partial charge in [-0.15, -0.1) is 11.8 Å². The summed E-state index contributed by atoms with van der Waals surface area (Å²) in [5.41, 5.74) is 1.04. The van der Waals surface area contributed by atoms with Gasteiger partial charge in [0.05, 0.1) is 18.3 Å². The van der Waals surface area contributed by atoms with Crippen LogP contribution in [0.4, 0.5) is 5.69 Å². The van der Waals surface area contributed by atoms with Gasteiger partial charge >= 0.3 is 0 Å². The van der Waals surface area contributed by atoms with E-state index in [0.29, 0.717) is 18.3 Å². The van der Waals surface area contributed by atoms with Crippen LogP contribution in [0.2, 0.25) is 0 Å². The topological polar surface area (TPSA) is 43.8 Å². The number of aliphatic hydroxyl groups excluding tert-OH is 1. The summed E-state index contributed by atoms with van der Waals surface area (Å²) in [5, 5.41) is 10.3. The molecule has 5 heteroatoms. The Bertz CT molecular complexity index is 537. The van der Waals surface area contributed by atoms with Crippen LogP contribution in [0.5, 0.6) is 0 Å². The molecule has 0 unspecified atom stereocenters. The second kappa shape index (κ2) is 7.02. The second-order valence-electron chi connectivity index (χ2n) is 6.26. The van der Waals surface area contributed by atoms with E-state index < -0.39 is 0 Å². The fourth-order valence-corrected chi connectivity index (χ4v) is 4.31. The molecule has 0 saturated carbocycles. The van der Waals surface area contributed by atoms with Crippen molar-refractivity contribution >= 4 is 23.4 Å². The molecular formula is C17H24N2O2S. The Hall–Kier alpha value is -1.04. The first-order valence-electron chi connectivity index (χ1n) is 8.10. The molecule has 1 aromatic rings. The van der Waals surface area contributed by atoms with Crippen molar-refractivity contribution < 1.29 is 9.90 Å². The third-order valence-corrected chi connectivity index (χ3v) is 5.62. The zero-order chi connectivity index (χ0) is 15.5. The molecule has 22 heavy (non-hydrogen) atoms. The highest BCUT2D eigenvalue weighted by Crippen LogP contribution is 2.37. The van der Waals surface area contributed by atoms with Crippen LogP contribution in [0.15, 0.2) is 29.2 Å². The summed E-state index contributed by atoms with van der Waals surface area (Å²) in [6.45, 7) is 4.93. The van der Waals surface area contributed by atoms with E-state index >= 15 is 0 Å². The van der Waals surface area contributed by atoms with Gasteiger partial charge in [-0.1, -0.05) is 19.1 Å². The number of likely N-dealkylation sites (tertiary alicyclic amines) is 1. The minimum Gasteiger partial charge on any atom is -0.392 e. The molecule has 0 aliphatic carbocycles. The van der Waals surface area contributed by atoms with Crippen molar-refractivity contribution in [1.29, 1.82) is 0 Å². The number of carbonyl (C=O) groups excluding carboxylic acids is 1. The monoisotopic (exact) mass is 320 g/mol. The highest BCUT2D eigenvalue weighted by molar-refractivity contribution is 8.00. The Balaban J connectivity index is 1.74. The summed E-state index contributed by atoms with van der Waals surface area (Å²) in [7, 11) is 0. The number of aliphatic hydroxyl groups is 1. The first-order valence-corrected chi connectivity index (χ1v) is 8.98. The molecule has 2 atom stereocenters. The van der Waals surface area contributed by atoms with Crippen molar-refractivity contribution in [3.05, 3.63) is 24.3 Å². The molecule has 1 saturated heterocycles. The number of benzene rings is 1. The lowest BCUT2D eigenvalue weighted by Gasteiger charge is -2.31. The van der Waals surface area contributed by atoms with Gasteiger partial charge in [0.15, 0.2) is 0 Å². The average molecular weight is 320 g/mol. The average Bonchev–Trinajstić information content (AvgIpc) is 2.65. The fraction of sp³-hybridized carbons (Fsp3) is 0.588. The molecule has 4 nitrogen and oxygen atoms in total. The van der Waals surface area contributed by atoms with Crippen LogP contribution in [0.3, 0.4) is 0 Å². The van der Waals surface area contributed by atoms with Gasteiger partial charge in [-0.05, 0) is 37.9 Å². The summed E-state index contributed by atoms with van der Waals surface area (Å²) >= 11 is 1.85. The Labute approximate surface area is 136 Å². The van der Waals surface area contributed by atoms with Crippen molar-refractivity contribution in [2.24, 2.45) is 0 Å². The summed E-state index contributed by atoms with van der Waals surface area (Å²) < 4.78 is 0. The van der Waals surface area contributed by atoms with E-state index in [2.05, 4.69) is 17.9 Å². The summed E-state index contributed by atoms with van der Waals surface area (Å²) in [6, 6.07) is 8.18. The normalized spacial score (nSPS) is 26.4. The van der Waals surface area contributed by atoms with Crippen LogP contribution in [-0.4, -0.2) is 53.4 Å². The molecule has 1 fully saturated rings. The number of piperidine rings is 1. The maximum absolute atomic E-state index is 12.8. The molecule has 0 spiro atoms. The number of hydrogen-bond acceptors (Lipinski definition) is 4. The first kappa shape index (κ1) is 15.8. The van der Waals surface area contributed by atoms with E-state index in [9.17, 15) is 9.90 Å². The Morgan fingerprint density at radius 2 is 2.14 bits per heavy atom. The van der Waals surface area contributed by atoms with E-state index in [4.69, 9.17) is 0 Å². The Morgan fingerprint density at radius 3 is 2.95 bits per heavy atom. The lowest BCUT2D eigenvalue weighted by atomic mass is 10.1. The number of anilines is 1. The van der Waals surface area contributed by atoms with Crippen LogP contribution >= 0.6 is 11.8 Å². The molecule has 1 aromatic carbocycles. The number of thioether (sulfide) groups is 1. The SMILES string of the molecule is C[C@@H]1CCN(C(=O)CN2CCC[C@@H](O)C2)c2ccccc2S1. The van der Waals surface area contributed by atoms with Crippen LogP contribution in [0, 0.1) is 0 Å². The van der Waals surface area contributed by atoms with Gasteiger partial charge in [-0.3, -0.25) is 9.69 Å². The Kier molecular flexibility index (Phi) is 5.06. The quantitative estimate of drug-likeness (QED) is 0.908. The van der Waals surface area contributed by atoms with Crippen molar-refractivity contribution in [2.75, 3.05) is 31.1 Å². The van der Waals surface area contributed by atoms with E-state index in [1.807, 2.05) is 34.9 Å². The molecule has 1 amide bonds. The number of nitrogens with zero attached hydrogens (tertiary/aromatic N) is 2. The van der Waals surface area contributed by atoms with Gasteiger partial charge in [-0.25, -0.2) is 0 Å². The molecular weight excluding hydrogens is 296 g/mol. The molecule has 2 heterocycles. The molecule has 3 rings (SSSR count). The van der Waals surface area contributed by atoms with E-state index in [1.54, 1.807) is 0 Å². The van der Waals surface area contributed by atoms with Crippen molar-refractivity contribution in [1.82, 2.24) is 4.90 Å². The zero-order valence-corrected chi connectivity index (χ0v) is 13.9. The van der Waals surface area contributed by atoms with Gasteiger partial charge in [-0.2, -0.15) is 0 Å². The summed E-state index contributed by atoms with van der Waals surface area (Å²) in [5.74, 6) is 0.149. The number of amides is 1. The largest absolute Gasteiger partial charge is 0.392 e. The maximum atomic E-state index is 12.8. The number of para-hydroxylation sites is 1. The van der Waals surface area contributed by atoms with Gasteiger partial charge in [0.25, 0.3) is 0 Å². The van der Waals surface area contributed by atoms with E-state index in [-0.39, 0.29) is 12.0 Å². The van der Waals surface area contributed by atoms with E-state index in [0.717, 1.165) is 38.0 Å². The molecule has 0 radical (unpaired) electrons. The minimum atomic E-state index is -0.284. The summed E-state index contributed by atoms with van der Waals surface area (Å²) in [6.07, 6.45) is 2.55. The smallest absolute Gasteiger partial charge is 0.241 e. The van der Waals surface area contributed by atoms with Crippen LogP contribution < -0.4 is 4.90 Å². The molecule has 120 valence electrons. The van der Waals surface area contributed by atoms with Gasteiger partial charge in [0.1, 0.15) is 0 Å². The highest BCUT2D eigenvalue weighted by atomic mass is 32.2. The number of fused-ring (bicyclic) bond motifs is 1. The van der Waals surface area contributed by atoms with Crippen molar-refractivity contribution in [2.45, 2.75) is 42.4 Å². The molecule has 0 bridgehead atoms. The second-order valence-corrected chi connectivity index (χ2v) is 7.74. The van der Waals surface area contributed by atoms with E-state index in [1.165, 1.54) is 4.90 Å². The predicted octanol–water partition coefficient (Wildman–Crippen LogP) is 2.36. The highest BCUT2D eigenvalue weighted by Gasteiger charge is 2.26. The minimum absolute atomic E-state index is 0.149.